The molecular formula is C20H20N2O. The van der Waals surface area contributed by atoms with E-state index in [2.05, 4.69) is 53.1 Å². The molecule has 0 bridgehead atoms. The summed E-state index contributed by atoms with van der Waals surface area (Å²) in [6, 6.07) is 10.6. The number of pyridine rings is 1. The van der Waals surface area contributed by atoms with Gasteiger partial charge in [-0.25, -0.2) is 0 Å². The van der Waals surface area contributed by atoms with Crippen LogP contribution in [-0.4, -0.2) is 15.3 Å². The zero-order valence-corrected chi connectivity index (χ0v) is 13.5. The van der Waals surface area contributed by atoms with Gasteiger partial charge in [-0.3, -0.25) is 9.78 Å². The van der Waals surface area contributed by atoms with Crippen LogP contribution < -0.4 is 0 Å². The molecule has 0 spiro atoms. The first kappa shape index (κ1) is 14.2. The van der Waals surface area contributed by atoms with Crippen LogP contribution >= 0.6 is 0 Å². The summed E-state index contributed by atoms with van der Waals surface area (Å²) in [4.78, 5) is 16.7. The summed E-state index contributed by atoms with van der Waals surface area (Å²) in [5.74, 6) is 0.726. The molecule has 0 amide bonds. The quantitative estimate of drug-likeness (QED) is 0.676. The van der Waals surface area contributed by atoms with E-state index in [1.807, 2.05) is 6.20 Å². The molecule has 2 heterocycles. The van der Waals surface area contributed by atoms with Crippen molar-refractivity contribution in [1.82, 2.24) is 9.55 Å². The number of ketones is 1. The Kier molecular flexibility index (Phi) is 3.29. The summed E-state index contributed by atoms with van der Waals surface area (Å²) < 4.78 is 2.12. The minimum atomic E-state index is 0.106. The monoisotopic (exact) mass is 304 g/mol. The number of rotatable bonds is 4. The highest BCUT2D eigenvalue weighted by molar-refractivity contribution is 5.95. The third-order valence-corrected chi connectivity index (χ3v) is 4.74. The van der Waals surface area contributed by atoms with Crippen molar-refractivity contribution >= 4 is 16.7 Å². The Labute approximate surface area is 136 Å². The maximum atomic E-state index is 12.0. The van der Waals surface area contributed by atoms with Gasteiger partial charge in [0.15, 0.2) is 5.78 Å². The molecule has 1 aromatic carbocycles. The second-order valence-electron chi connectivity index (χ2n) is 6.59. The van der Waals surface area contributed by atoms with Crippen LogP contribution in [0.15, 0.2) is 42.7 Å². The minimum Gasteiger partial charge on any atom is -0.351 e. The molecule has 23 heavy (non-hydrogen) atoms. The van der Waals surface area contributed by atoms with Crippen LogP contribution in [0.1, 0.15) is 52.9 Å². The summed E-state index contributed by atoms with van der Waals surface area (Å²) in [6.45, 7) is 1.64. The standard InChI is InChI=1S/C20H20N2O/c1-13(23)18-11-17(15-5-6-15)12-21-19(18)9-14-3-4-16-7-8-22(2)20(16)10-14/h3-4,7-8,10-12,15H,5-6,9H2,1-2H3. The topological polar surface area (TPSA) is 34.9 Å². The van der Waals surface area contributed by atoms with Crippen LogP contribution in [-0.2, 0) is 13.5 Å². The predicted molar refractivity (Wildman–Crippen MR) is 91.9 cm³/mol. The third-order valence-electron chi connectivity index (χ3n) is 4.74. The largest absolute Gasteiger partial charge is 0.351 e. The molecular weight excluding hydrogens is 284 g/mol. The van der Waals surface area contributed by atoms with Gasteiger partial charge in [-0.15, -0.1) is 0 Å². The second-order valence-corrected chi connectivity index (χ2v) is 6.59. The number of aryl methyl sites for hydroxylation is 1. The fourth-order valence-electron chi connectivity index (χ4n) is 3.21. The number of fused-ring (bicyclic) bond motifs is 1. The molecule has 1 aliphatic carbocycles. The normalized spacial score (nSPS) is 14.3. The Hall–Kier alpha value is -2.42. The molecule has 4 rings (SSSR count). The molecule has 1 aliphatic rings. The summed E-state index contributed by atoms with van der Waals surface area (Å²) in [5, 5.41) is 1.24. The van der Waals surface area contributed by atoms with Gasteiger partial charge in [0.05, 0.1) is 5.69 Å². The Morgan fingerprint density at radius 2 is 2.09 bits per heavy atom. The van der Waals surface area contributed by atoms with E-state index in [4.69, 9.17) is 0 Å². The highest BCUT2D eigenvalue weighted by atomic mass is 16.1. The molecule has 0 radical (unpaired) electrons. The Morgan fingerprint density at radius 3 is 2.83 bits per heavy atom. The average molecular weight is 304 g/mol. The minimum absolute atomic E-state index is 0.106. The molecule has 3 nitrogen and oxygen atoms in total. The van der Waals surface area contributed by atoms with Gasteiger partial charge < -0.3 is 4.57 Å². The lowest BCUT2D eigenvalue weighted by atomic mass is 9.99. The van der Waals surface area contributed by atoms with E-state index >= 15 is 0 Å². The first-order chi connectivity index (χ1) is 11.1. The van der Waals surface area contributed by atoms with Crippen molar-refractivity contribution < 1.29 is 4.79 Å². The Balaban J connectivity index is 1.71. The van der Waals surface area contributed by atoms with Gasteiger partial charge in [0, 0.05) is 36.9 Å². The fraction of sp³-hybridized carbons (Fsp3) is 0.300. The molecule has 0 N–H and O–H groups in total. The lowest BCUT2D eigenvalue weighted by molar-refractivity contribution is 0.101. The highest BCUT2D eigenvalue weighted by Gasteiger charge is 2.25. The molecule has 0 unspecified atom stereocenters. The molecule has 1 saturated carbocycles. The van der Waals surface area contributed by atoms with E-state index in [0.717, 1.165) is 11.3 Å². The van der Waals surface area contributed by atoms with Crippen LogP contribution in [0.2, 0.25) is 0 Å². The Bertz CT molecular complexity index is 903. The molecule has 0 saturated heterocycles. The van der Waals surface area contributed by atoms with E-state index < -0.39 is 0 Å². The van der Waals surface area contributed by atoms with Gasteiger partial charge in [0.1, 0.15) is 0 Å². The highest BCUT2D eigenvalue weighted by Crippen LogP contribution is 2.40. The summed E-state index contributed by atoms with van der Waals surface area (Å²) in [6.07, 6.45) is 7.17. The number of carbonyl (C=O) groups excluding carboxylic acids is 1. The maximum absolute atomic E-state index is 12.0. The number of nitrogens with zero attached hydrogens (tertiary/aromatic N) is 2. The van der Waals surface area contributed by atoms with E-state index in [-0.39, 0.29) is 5.78 Å². The van der Waals surface area contributed by atoms with Crippen molar-refractivity contribution in [1.29, 1.82) is 0 Å². The van der Waals surface area contributed by atoms with Crippen LogP contribution in [0.3, 0.4) is 0 Å². The first-order valence-electron chi connectivity index (χ1n) is 8.15. The van der Waals surface area contributed by atoms with E-state index in [1.54, 1.807) is 6.92 Å². The molecule has 1 fully saturated rings. The number of benzene rings is 1. The van der Waals surface area contributed by atoms with Crippen molar-refractivity contribution in [2.75, 3.05) is 0 Å². The van der Waals surface area contributed by atoms with Gasteiger partial charge in [0.2, 0.25) is 0 Å². The molecule has 0 aliphatic heterocycles. The molecule has 0 atom stereocenters. The lowest BCUT2D eigenvalue weighted by Crippen LogP contribution is -2.05. The zero-order valence-electron chi connectivity index (χ0n) is 13.5. The van der Waals surface area contributed by atoms with Crippen molar-refractivity contribution in [3.8, 4) is 0 Å². The third kappa shape index (κ3) is 2.67. The van der Waals surface area contributed by atoms with Crippen LogP contribution in [0.25, 0.3) is 10.9 Å². The van der Waals surface area contributed by atoms with Gasteiger partial charge in [-0.1, -0.05) is 12.1 Å². The number of hydrogen-bond donors (Lipinski definition) is 0. The van der Waals surface area contributed by atoms with Crippen molar-refractivity contribution in [3.63, 3.8) is 0 Å². The van der Waals surface area contributed by atoms with Gasteiger partial charge in [-0.05, 0) is 60.4 Å². The number of carbonyl (C=O) groups is 1. The molecule has 3 heteroatoms. The number of aromatic nitrogens is 2. The van der Waals surface area contributed by atoms with E-state index in [0.29, 0.717) is 12.3 Å². The summed E-state index contributed by atoms with van der Waals surface area (Å²) >= 11 is 0. The van der Waals surface area contributed by atoms with Crippen LogP contribution in [0.5, 0.6) is 0 Å². The van der Waals surface area contributed by atoms with Gasteiger partial charge in [-0.2, -0.15) is 0 Å². The summed E-state index contributed by atoms with van der Waals surface area (Å²) in [7, 11) is 2.05. The zero-order chi connectivity index (χ0) is 16.0. The molecule has 3 aromatic rings. The van der Waals surface area contributed by atoms with E-state index in [9.17, 15) is 4.79 Å². The summed E-state index contributed by atoms with van der Waals surface area (Å²) in [5.41, 5.74) is 5.28. The first-order valence-corrected chi connectivity index (χ1v) is 8.15. The fourth-order valence-corrected chi connectivity index (χ4v) is 3.21. The van der Waals surface area contributed by atoms with Crippen LogP contribution in [0.4, 0.5) is 0 Å². The van der Waals surface area contributed by atoms with Crippen molar-refractivity contribution in [2.45, 2.75) is 32.1 Å². The Morgan fingerprint density at radius 1 is 1.26 bits per heavy atom. The van der Waals surface area contributed by atoms with Crippen molar-refractivity contribution in [3.05, 3.63) is 65.1 Å². The lowest BCUT2D eigenvalue weighted by Gasteiger charge is -2.09. The second kappa shape index (κ2) is 5.34. The molecule has 2 aromatic heterocycles. The van der Waals surface area contributed by atoms with Crippen molar-refractivity contribution in [2.24, 2.45) is 7.05 Å². The SMILES string of the molecule is CC(=O)c1cc(C2CC2)cnc1Cc1ccc2ccn(C)c2c1. The van der Waals surface area contributed by atoms with Gasteiger partial charge in [0.25, 0.3) is 0 Å². The van der Waals surface area contributed by atoms with Gasteiger partial charge >= 0.3 is 0 Å². The molecule has 116 valence electrons. The average Bonchev–Trinajstić information content (AvgIpc) is 3.33. The van der Waals surface area contributed by atoms with E-state index in [1.165, 1.54) is 34.9 Å². The maximum Gasteiger partial charge on any atom is 0.161 e. The number of Topliss-reactive ketones (excluding diaryl/α,β-unsaturated/α-hetero) is 1. The predicted octanol–water partition coefficient (Wildman–Crippen LogP) is 4.24. The smallest absolute Gasteiger partial charge is 0.161 e. The van der Waals surface area contributed by atoms with Crippen LogP contribution in [0, 0.1) is 0 Å². The number of hydrogen-bond acceptors (Lipinski definition) is 2.